The molecule has 2 heterocycles. The number of phenols is 1. The summed E-state index contributed by atoms with van der Waals surface area (Å²) in [6, 6.07) is 15.4. The minimum absolute atomic E-state index is 0.142. The summed E-state index contributed by atoms with van der Waals surface area (Å²) in [6.07, 6.45) is 9.62. The SMILES string of the molecule is CCSC(c1ncc(-c2ccc(OCCCN3CCCCCCC3)cc2)o1)c1ccccc1O. The van der Waals surface area contributed by atoms with Crippen LogP contribution in [-0.4, -0.2) is 47.0 Å². The molecule has 182 valence electrons. The Morgan fingerprint density at radius 2 is 1.76 bits per heavy atom. The predicted molar refractivity (Wildman–Crippen MR) is 140 cm³/mol. The van der Waals surface area contributed by atoms with E-state index in [9.17, 15) is 5.11 Å². The Balaban J connectivity index is 1.32. The molecule has 1 aliphatic rings. The lowest BCUT2D eigenvalue weighted by molar-refractivity contribution is 0.218. The molecule has 1 N–H and O–H groups in total. The van der Waals surface area contributed by atoms with Gasteiger partial charge in [0.25, 0.3) is 0 Å². The molecule has 1 aromatic heterocycles. The van der Waals surface area contributed by atoms with Crippen LogP contribution in [0.3, 0.4) is 0 Å². The third-order valence-electron chi connectivity index (χ3n) is 6.28. The highest BCUT2D eigenvalue weighted by Crippen LogP contribution is 2.40. The van der Waals surface area contributed by atoms with E-state index in [-0.39, 0.29) is 11.0 Å². The summed E-state index contributed by atoms with van der Waals surface area (Å²) < 4.78 is 12.1. The smallest absolute Gasteiger partial charge is 0.212 e. The Morgan fingerprint density at radius 1 is 1.03 bits per heavy atom. The average molecular weight is 481 g/mol. The lowest BCUT2D eigenvalue weighted by Gasteiger charge is -2.24. The van der Waals surface area contributed by atoms with Crippen molar-refractivity contribution in [1.82, 2.24) is 9.88 Å². The maximum Gasteiger partial charge on any atom is 0.212 e. The zero-order valence-corrected chi connectivity index (χ0v) is 20.9. The normalized spacial score (nSPS) is 16.0. The summed E-state index contributed by atoms with van der Waals surface area (Å²) in [5, 5.41) is 10.2. The van der Waals surface area contributed by atoms with Gasteiger partial charge in [-0.1, -0.05) is 44.4 Å². The van der Waals surface area contributed by atoms with Gasteiger partial charge in [-0.25, -0.2) is 4.98 Å². The van der Waals surface area contributed by atoms with Crippen molar-refractivity contribution < 1.29 is 14.3 Å². The minimum atomic E-state index is -0.142. The van der Waals surface area contributed by atoms with Crippen LogP contribution < -0.4 is 4.74 Å². The molecule has 0 spiro atoms. The van der Waals surface area contributed by atoms with Gasteiger partial charge < -0.3 is 19.2 Å². The molecule has 1 saturated heterocycles. The molecule has 5 nitrogen and oxygen atoms in total. The van der Waals surface area contributed by atoms with Crippen LogP contribution in [0, 0.1) is 0 Å². The van der Waals surface area contributed by atoms with E-state index in [4.69, 9.17) is 9.15 Å². The Labute approximate surface area is 207 Å². The molecule has 6 heteroatoms. The number of nitrogens with zero attached hydrogens (tertiary/aromatic N) is 2. The quantitative estimate of drug-likeness (QED) is 0.318. The maximum absolute atomic E-state index is 10.3. The third kappa shape index (κ3) is 6.80. The Morgan fingerprint density at radius 3 is 2.50 bits per heavy atom. The molecule has 1 atom stereocenters. The maximum atomic E-state index is 10.3. The number of aromatic hydroxyl groups is 1. The second-order valence-electron chi connectivity index (χ2n) is 8.79. The van der Waals surface area contributed by atoms with Gasteiger partial charge in [-0.05, 0) is 68.4 Å². The fraction of sp³-hybridized carbons (Fsp3) is 0.464. The number of rotatable bonds is 10. The van der Waals surface area contributed by atoms with E-state index in [1.165, 1.54) is 45.2 Å². The average Bonchev–Trinajstić information content (AvgIpc) is 3.32. The molecule has 1 fully saturated rings. The van der Waals surface area contributed by atoms with Crippen molar-refractivity contribution in [2.75, 3.05) is 32.0 Å². The van der Waals surface area contributed by atoms with E-state index >= 15 is 0 Å². The van der Waals surface area contributed by atoms with Gasteiger partial charge in [-0.15, -0.1) is 11.8 Å². The van der Waals surface area contributed by atoms with Crippen molar-refractivity contribution in [3.05, 3.63) is 66.2 Å². The van der Waals surface area contributed by atoms with Gasteiger partial charge in [-0.2, -0.15) is 0 Å². The number of ether oxygens (including phenoxy) is 1. The first-order chi connectivity index (χ1) is 16.7. The molecule has 2 aromatic carbocycles. The van der Waals surface area contributed by atoms with Crippen molar-refractivity contribution in [3.8, 4) is 22.8 Å². The van der Waals surface area contributed by atoms with Crippen molar-refractivity contribution in [3.63, 3.8) is 0 Å². The van der Waals surface area contributed by atoms with E-state index in [0.29, 0.717) is 5.89 Å². The van der Waals surface area contributed by atoms with Crippen LogP contribution in [-0.2, 0) is 0 Å². The van der Waals surface area contributed by atoms with Crippen LogP contribution >= 0.6 is 11.8 Å². The monoisotopic (exact) mass is 480 g/mol. The molecule has 1 unspecified atom stereocenters. The Bertz CT molecular complexity index is 997. The summed E-state index contributed by atoms with van der Waals surface area (Å²) in [7, 11) is 0. The molecular weight excluding hydrogens is 444 g/mol. The minimum Gasteiger partial charge on any atom is -0.508 e. The summed E-state index contributed by atoms with van der Waals surface area (Å²) in [5.74, 6) is 3.36. The zero-order valence-electron chi connectivity index (χ0n) is 20.1. The van der Waals surface area contributed by atoms with Gasteiger partial charge in [0.05, 0.1) is 12.8 Å². The molecule has 0 radical (unpaired) electrons. The molecular formula is C28H36N2O3S. The fourth-order valence-corrected chi connectivity index (χ4v) is 5.41. The van der Waals surface area contributed by atoms with Crippen LogP contribution in [0.2, 0.25) is 0 Å². The van der Waals surface area contributed by atoms with Gasteiger partial charge in [0.1, 0.15) is 16.7 Å². The summed E-state index contributed by atoms with van der Waals surface area (Å²) in [4.78, 5) is 7.12. The number of hydrogen-bond acceptors (Lipinski definition) is 6. The lowest BCUT2D eigenvalue weighted by atomic mass is 10.1. The topological polar surface area (TPSA) is 58.7 Å². The largest absolute Gasteiger partial charge is 0.508 e. The lowest BCUT2D eigenvalue weighted by Crippen LogP contribution is -2.29. The second kappa shape index (κ2) is 12.9. The van der Waals surface area contributed by atoms with E-state index in [1.807, 2.05) is 42.5 Å². The summed E-state index contributed by atoms with van der Waals surface area (Å²) in [5.41, 5.74) is 1.78. The van der Waals surface area contributed by atoms with Crippen LogP contribution in [0.1, 0.15) is 62.2 Å². The van der Waals surface area contributed by atoms with E-state index < -0.39 is 0 Å². The zero-order chi connectivity index (χ0) is 23.6. The molecule has 0 bridgehead atoms. The highest BCUT2D eigenvalue weighted by molar-refractivity contribution is 7.99. The highest BCUT2D eigenvalue weighted by Gasteiger charge is 2.23. The number of phenolic OH excluding ortho intramolecular Hbond substituents is 1. The predicted octanol–water partition coefficient (Wildman–Crippen LogP) is 6.92. The molecule has 0 aliphatic carbocycles. The number of hydrogen-bond donors (Lipinski definition) is 1. The van der Waals surface area contributed by atoms with Crippen molar-refractivity contribution >= 4 is 11.8 Å². The van der Waals surface area contributed by atoms with E-state index in [0.717, 1.165) is 48.0 Å². The number of para-hydroxylation sites is 1. The van der Waals surface area contributed by atoms with Crippen LogP contribution in [0.4, 0.5) is 0 Å². The number of thioether (sulfide) groups is 1. The standard InChI is InChI=1S/C28H36N2O3S/c1-2-34-27(24-11-6-7-12-25(24)31)28-29-21-26(33-28)22-13-15-23(16-14-22)32-20-10-19-30-17-8-4-3-5-9-18-30/h6-7,11-16,21,27,31H,2-5,8-10,17-20H2,1H3. The Hall–Kier alpha value is -2.44. The number of oxazole rings is 1. The first kappa shape index (κ1) is 24.7. The van der Waals surface area contributed by atoms with Crippen LogP contribution in [0.5, 0.6) is 11.5 Å². The second-order valence-corrected chi connectivity index (χ2v) is 10.2. The van der Waals surface area contributed by atoms with Crippen molar-refractivity contribution in [2.24, 2.45) is 0 Å². The van der Waals surface area contributed by atoms with Gasteiger partial charge in [0.15, 0.2) is 5.76 Å². The van der Waals surface area contributed by atoms with Gasteiger partial charge in [-0.3, -0.25) is 0 Å². The third-order valence-corrected chi connectivity index (χ3v) is 7.40. The number of benzene rings is 2. The van der Waals surface area contributed by atoms with Crippen molar-refractivity contribution in [1.29, 1.82) is 0 Å². The van der Waals surface area contributed by atoms with Crippen LogP contribution in [0.15, 0.2) is 59.1 Å². The molecule has 0 amide bonds. The van der Waals surface area contributed by atoms with E-state index in [1.54, 1.807) is 24.0 Å². The molecule has 0 saturated carbocycles. The number of aromatic nitrogens is 1. The first-order valence-electron chi connectivity index (χ1n) is 12.6. The van der Waals surface area contributed by atoms with Gasteiger partial charge in [0, 0.05) is 17.7 Å². The summed E-state index contributed by atoms with van der Waals surface area (Å²) >= 11 is 1.69. The molecule has 1 aliphatic heterocycles. The first-order valence-corrected chi connectivity index (χ1v) is 13.6. The molecule has 34 heavy (non-hydrogen) atoms. The van der Waals surface area contributed by atoms with E-state index in [2.05, 4.69) is 16.8 Å². The van der Waals surface area contributed by atoms with Crippen LogP contribution in [0.25, 0.3) is 11.3 Å². The fourth-order valence-electron chi connectivity index (χ4n) is 4.44. The molecule has 3 aromatic rings. The Kier molecular flexibility index (Phi) is 9.34. The number of likely N-dealkylation sites (tertiary alicyclic amines) is 1. The summed E-state index contributed by atoms with van der Waals surface area (Å²) in [6.45, 7) is 6.41. The van der Waals surface area contributed by atoms with Crippen molar-refractivity contribution in [2.45, 2.75) is 50.7 Å². The van der Waals surface area contributed by atoms with Gasteiger partial charge in [0.2, 0.25) is 5.89 Å². The molecule has 4 rings (SSSR count). The highest BCUT2D eigenvalue weighted by atomic mass is 32.2. The van der Waals surface area contributed by atoms with Gasteiger partial charge >= 0.3 is 0 Å².